The van der Waals surface area contributed by atoms with Gasteiger partial charge in [0.2, 0.25) is 0 Å². The minimum absolute atomic E-state index is 0.0611. The molecule has 2 saturated heterocycles. The molecule has 2 fully saturated rings. The zero-order valence-corrected chi connectivity index (χ0v) is 12.7. The first kappa shape index (κ1) is 14.5. The zero-order chi connectivity index (χ0) is 14.8. The van der Waals surface area contributed by atoms with E-state index in [4.69, 9.17) is 9.47 Å². The van der Waals surface area contributed by atoms with Crippen molar-refractivity contribution in [1.82, 2.24) is 9.78 Å². The molecule has 0 bridgehead atoms. The second-order valence-electron chi connectivity index (χ2n) is 5.93. The zero-order valence-electron chi connectivity index (χ0n) is 12.7. The van der Waals surface area contributed by atoms with E-state index >= 15 is 0 Å². The van der Waals surface area contributed by atoms with Crippen LogP contribution in [-0.4, -0.2) is 41.1 Å². The third kappa shape index (κ3) is 3.11. The molecule has 1 aromatic rings. The van der Waals surface area contributed by atoms with Crippen molar-refractivity contribution >= 4 is 11.6 Å². The average molecular weight is 293 g/mol. The van der Waals surface area contributed by atoms with Crippen LogP contribution in [0.15, 0.2) is 6.20 Å². The number of anilines is 1. The molecule has 6 nitrogen and oxygen atoms in total. The second kappa shape index (κ2) is 6.15. The highest BCUT2D eigenvalue weighted by molar-refractivity contribution is 5.94. The van der Waals surface area contributed by atoms with Crippen molar-refractivity contribution in [1.29, 1.82) is 0 Å². The summed E-state index contributed by atoms with van der Waals surface area (Å²) in [5.41, 5.74) is 1.79. The maximum absolute atomic E-state index is 12.2. The minimum Gasteiger partial charge on any atom is -0.381 e. The fraction of sp³-hybridized carbons (Fsp3) is 0.733. The van der Waals surface area contributed by atoms with Crippen molar-refractivity contribution in [2.75, 3.05) is 18.5 Å². The van der Waals surface area contributed by atoms with Crippen LogP contribution >= 0.6 is 0 Å². The first-order valence-corrected chi connectivity index (χ1v) is 7.73. The molecule has 2 aliphatic rings. The van der Waals surface area contributed by atoms with Gasteiger partial charge in [0, 0.05) is 13.2 Å². The van der Waals surface area contributed by atoms with Crippen LogP contribution in [0, 0.1) is 6.92 Å². The van der Waals surface area contributed by atoms with E-state index < -0.39 is 0 Å². The van der Waals surface area contributed by atoms with Crippen LogP contribution < -0.4 is 5.32 Å². The number of amides is 1. The Balaban J connectivity index is 1.66. The molecule has 0 aliphatic carbocycles. The molecule has 1 N–H and O–H groups in total. The van der Waals surface area contributed by atoms with Crippen LogP contribution in [0.2, 0.25) is 0 Å². The molecule has 0 aromatic carbocycles. The Morgan fingerprint density at radius 1 is 1.33 bits per heavy atom. The number of hydrogen-bond acceptors (Lipinski definition) is 4. The van der Waals surface area contributed by atoms with Gasteiger partial charge in [-0.3, -0.25) is 9.48 Å². The van der Waals surface area contributed by atoms with E-state index in [2.05, 4.69) is 10.4 Å². The molecular weight excluding hydrogens is 270 g/mol. The number of rotatable bonds is 3. The number of nitrogens with one attached hydrogen (secondary N) is 1. The van der Waals surface area contributed by atoms with Gasteiger partial charge in [-0.05, 0) is 39.5 Å². The third-order valence-corrected chi connectivity index (χ3v) is 4.36. The first-order valence-electron chi connectivity index (χ1n) is 7.73. The van der Waals surface area contributed by atoms with Crippen molar-refractivity contribution in [3.8, 4) is 0 Å². The van der Waals surface area contributed by atoms with Gasteiger partial charge in [0.15, 0.2) is 0 Å². The van der Waals surface area contributed by atoms with Crippen molar-refractivity contribution in [2.24, 2.45) is 0 Å². The van der Waals surface area contributed by atoms with E-state index in [-0.39, 0.29) is 18.1 Å². The van der Waals surface area contributed by atoms with Crippen LogP contribution in [0.3, 0.4) is 0 Å². The van der Waals surface area contributed by atoms with Gasteiger partial charge in [-0.25, -0.2) is 0 Å². The van der Waals surface area contributed by atoms with Crippen molar-refractivity contribution in [3.63, 3.8) is 0 Å². The smallest absolute Gasteiger partial charge is 0.253 e. The van der Waals surface area contributed by atoms with Gasteiger partial charge in [0.05, 0.1) is 29.7 Å². The van der Waals surface area contributed by atoms with E-state index in [1.807, 2.05) is 18.5 Å². The normalized spacial score (nSPS) is 27.0. The lowest BCUT2D eigenvalue weighted by Crippen LogP contribution is -2.28. The highest BCUT2D eigenvalue weighted by atomic mass is 16.5. The monoisotopic (exact) mass is 293 g/mol. The number of carbonyl (C=O) groups is 1. The average Bonchev–Trinajstić information content (AvgIpc) is 3.07. The molecule has 1 amide bonds. The van der Waals surface area contributed by atoms with Crippen molar-refractivity contribution in [2.45, 2.75) is 57.8 Å². The molecular formula is C15H23N3O3. The van der Waals surface area contributed by atoms with Gasteiger partial charge >= 0.3 is 0 Å². The summed E-state index contributed by atoms with van der Waals surface area (Å²) in [4.78, 5) is 12.2. The first-order chi connectivity index (χ1) is 10.1. The molecule has 2 atom stereocenters. The molecule has 21 heavy (non-hydrogen) atoms. The topological polar surface area (TPSA) is 65.4 Å². The van der Waals surface area contributed by atoms with Gasteiger partial charge in [-0.1, -0.05) is 0 Å². The Morgan fingerprint density at radius 2 is 2.10 bits per heavy atom. The lowest BCUT2D eigenvalue weighted by Gasteiger charge is -2.23. The predicted octanol–water partition coefficient (Wildman–Crippen LogP) is 2.05. The molecule has 0 saturated carbocycles. The van der Waals surface area contributed by atoms with Crippen LogP contribution in [0.1, 0.15) is 44.3 Å². The number of nitrogens with zero attached hydrogens (tertiary/aromatic N) is 2. The lowest BCUT2D eigenvalue weighted by molar-refractivity contribution is -0.126. The molecule has 3 heterocycles. The standard InChI is InChI=1S/C15H23N3O3/c1-10-3-4-14(21-10)15(19)17-13-9-16-18(11(13)2)12-5-7-20-8-6-12/h9-10,12,14H,3-8H2,1-2H3,(H,17,19). The third-order valence-electron chi connectivity index (χ3n) is 4.36. The van der Waals surface area contributed by atoms with E-state index in [9.17, 15) is 4.79 Å². The maximum Gasteiger partial charge on any atom is 0.253 e. The summed E-state index contributed by atoms with van der Waals surface area (Å²) in [6, 6.07) is 0.368. The summed E-state index contributed by atoms with van der Waals surface area (Å²) in [5, 5.41) is 7.39. The van der Waals surface area contributed by atoms with Crippen LogP contribution in [0.4, 0.5) is 5.69 Å². The highest BCUT2D eigenvalue weighted by Crippen LogP contribution is 2.26. The highest BCUT2D eigenvalue weighted by Gasteiger charge is 2.29. The van der Waals surface area contributed by atoms with Crippen LogP contribution in [0.25, 0.3) is 0 Å². The van der Waals surface area contributed by atoms with E-state index in [0.717, 1.165) is 50.3 Å². The van der Waals surface area contributed by atoms with E-state index in [1.54, 1.807) is 6.20 Å². The number of aromatic nitrogens is 2. The Morgan fingerprint density at radius 3 is 2.76 bits per heavy atom. The second-order valence-corrected chi connectivity index (χ2v) is 5.93. The number of hydrogen-bond donors (Lipinski definition) is 1. The maximum atomic E-state index is 12.2. The molecule has 6 heteroatoms. The molecule has 0 radical (unpaired) electrons. The van der Waals surface area contributed by atoms with Gasteiger partial charge in [-0.15, -0.1) is 0 Å². The molecule has 3 rings (SSSR count). The Labute approximate surface area is 124 Å². The predicted molar refractivity (Wildman–Crippen MR) is 78.3 cm³/mol. The molecule has 1 aromatic heterocycles. The number of carbonyl (C=O) groups excluding carboxylic acids is 1. The van der Waals surface area contributed by atoms with Crippen LogP contribution in [0.5, 0.6) is 0 Å². The van der Waals surface area contributed by atoms with E-state index in [1.165, 1.54) is 0 Å². The lowest BCUT2D eigenvalue weighted by atomic mass is 10.1. The molecule has 116 valence electrons. The fourth-order valence-corrected chi connectivity index (χ4v) is 3.05. The van der Waals surface area contributed by atoms with Gasteiger partial charge in [0.25, 0.3) is 5.91 Å². The van der Waals surface area contributed by atoms with Crippen molar-refractivity contribution < 1.29 is 14.3 Å². The van der Waals surface area contributed by atoms with Gasteiger partial charge in [-0.2, -0.15) is 5.10 Å². The van der Waals surface area contributed by atoms with E-state index in [0.29, 0.717) is 6.04 Å². The minimum atomic E-state index is -0.328. The summed E-state index contributed by atoms with van der Waals surface area (Å²) in [7, 11) is 0. The summed E-state index contributed by atoms with van der Waals surface area (Å²) >= 11 is 0. The Bertz CT molecular complexity index is 508. The fourth-order valence-electron chi connectivity index (χ4n) is 3.05. The summed E-state index contributed by atoms with van der Waals surface area (Å²) in [5.74, 6) is -0.0611. The summed E-state index contributed by atoms with van der Waals surface area (Å²) in [6.45, 7) is 5.55. The molecule has 2 aliphatic heterocycles. The van der Waals surface area contributed by atoms with Crippen LogP contribution in [-0.2, 0) is 14.3 Å². The van der Waals surface area contributed by atoms with Gasteiger partial charge in [0.1, 0.15) is 6.10 Å². The SMILES string of the molecule is Cc1c(NC(=O)C2CCC(C)O2)cnn1C1CCOCC1. The summed E-state index contributed by atoms with van der Waals surface area (Å²) < 4.78 is 13.0. The van der Waals surface area contributed by atoms with Crippen molar-refractivity contribution in [3.05, 3.63) is 11.9 Å². The number of ether oxygens (including phenoxy) is 2. The Hall–Kier alpha value is -1.40. The Kier molecular flexibility index (Phi) is 4.26. The summed E-state index contributed by atoms with van der Waals surface area (Å²) in [6.07, 6.45) is 5.26. The molecule has 0 spiro atoms. The quantitative estimate of drug-likeness (QED) is 0.926. The van der Waals surface area contributed by atoms with Gasteiger partial charge < -0.3 is 14.8 Å². The molecule has 2 unspecified atom stereocenters. The largest absolute Gasteiger partial charge is 0.381 e.